The fraction of sp³-hybridized carbons (Fsp3) is 0.214. The van der Waals surface area contributed by atoms with Crippen LogP contribution < -0.4 is 5.32 Å². The van der Waals surface area contributed by atoms with Gasteiger partial charge in [-0.3, -0.25) is 14.5 Å². The van der Waals surface area contributed by atoms with Gasteiger partial charge in [-0.1, -0.05) is 36.1 Å². The number of halogens is 2. The maximum atomic E-state index is 13.6. The molecule has 6 nitrogen and oxygen atoms in total. The summed E-state index contributed by atoms with van der Waals surface area (Å²) >= 11 is 7.85. The molecule has 0 spiro atoms. The lowest BCUT2D eigenvalue weighted by atomic mass is 10.1. The smallest absolute Gasteiger partial charge is 0.338 e. The van der Waals surface area contributed by atoms with Crippen LogP contribution in [0.25, 0.3) is 17.2 Å². The zero-order valence-electron chi connectivity index (χ0n) is 21.2. The number of carbonyl (C=O) groups is 3. The summed E-state index contributed by atoms with van der Waals surface area (Å²) in [6.07, 6.45) is 1.69. The summed E-state index contributed by atoms with van der Waals surface area (Å²) in [5, 5.41) is 4.53. The lowest BCUT2D eigenvalue weighted by Gasteiger charge is -2.19. The number of esters is 1. The molecule has 1 aliphatic heterocycles. The number of amides is 2. The number of thiocarbonyl (C=S) groups is 1. The summed E-state index contributed by atoms with van der Waals surface area (Å²) in [7, 11) is 0. The standard InChI is InChI=1S/C28H24F2N2O4S3/c1-28(2,3)36-26(35)17-5-4-6-19(11-17)31-24(33)9-10-32-25(34)23(39-27(32)37)14-20-12-18(15-38-20)16-7-8-21(29)22(30)13-16/h4-8,11-15H,9-10H2,1-3H3,(H,31,33). The number of nitrogens with zero attached hydrogens (tertiary/aromatic N) is 1. The largest absolute Gasteiger partial charge is 0.456 e. The van der Waals surface area contributed by atoms with Gasteiger partial charge in [0.25, 0.3) is 5.91 Å². The molecule has 0 bridgehead atoms. The molecule has 2 heterocycles. The SMILES string of the molecule is CC(C)(C)OC(=O)c1cccc(NC(=O)CCN2C(=O)C(=Cc3cc(-c4ccc(F)c(F)c4)cs3)SC2=S)c1. The highest BCUT2D eigenvalue weighted by Crippen LogP contribution is 2.35. The predicted molar refractivity (Wildman–Crippen MR) is 154 cm³/mol. The van der Waals surface area contributed by atoms with Crippen molar-refractivity contribution in [3.63, 3.8) is 0 Å². The third kappa shape index (κ3) is 7.37. The van der Waals surface area contributed by atoms with Crippen LogP contribution in [0.2, 0.25) is 0 Å². The minimum Gasteiger partial charge on any atom is -0.456 e. The Morgan fingerprint density at radius 1 is 1.08 bits per heavy atom. The van der Waals surface area contributed by atoms with Gasteiger partial charge in [0.1, 0.15) is 9.92 Å². The molecular formula is C28H24F2N2O4S3. The molecule has 1 saturated heterocycles. The van der Waals surface area contributed by atoms with E-state index in [0.29, 0.717) is 31.6 Å². The number of hydrogen-bond acceptors (Lipinski definition) is 7. The molecule has 1 fully saturated rings. The van der Waals surface area contributed by atoms with Gasteiger partial charge in [0.15, 0.2) is 11.6 Å². The molecule has 11 heteroatoms. The van der Waals surface area contributed by atoms with Gasteiger partial charge in [0.05, 0.1) is 10.5 Å². The van der Waals surface area contributed by atoms with E-state index in [2.05, 4.69) is 5.32 Å². The Morgan fingerprint density at radius 2 is 1.85 bits per heavy atom. The Bertz CT molecular complexity index is 1490. The van der Waals surface area contributed by atoms with Gasteiger partial charge in [-0.15, -0.1) is 11.3 Å². The van der Waals surface area contributed by atoms with Crippen LogP contribution in [0.1, 0.15) is 42.4 Å². The minimum atomic E-state index is -0.930. The molecule has 0 aliphatic carbocycles. The fourth-order valence-corrected chi connectivity index (χ4v) is 5.80. The first-order valence-corrected chi connectivity index (χ1v) is 13.9. The van der Waals surface area contributed by atoms with Crippen LogP contribution in [-0.2, 0) is 14.3 Å². The van der Waals surface area contributed by atoms with Crippen molar-refractivity contribution in [1.82, 2.24) is 4.90 Å². The minimum absolute atomic E-state index is 0.00430. The van der Waals surface area contributed by atoms with Crippen LogP contribution in [0.3, 0.4) is 0 Å². The molecule has 1 N–H and O–H groups in total. The predicted octanol–water partition coefficient (Wildman–Crippen LogP) is 6.88. The summed E-state index contributed by atoms with van der Waals surface area (Å²) in [6, 6.07) is 11.9. The normalized spacial score (nSPS) is 14.7. The van der Waals surface area contributed by atoms with Crippen molar-refractivity contribution in [1.29, 1.82) is 0 Å². The Balaban J connectivity index is 1.36. The molecule has 2 aromatic carbocycles. The van der Waals surface area contributed by atoms with Crippen molar-refractivity contribution >= 4 is 69.2 Å². The van der Waals surface area contributed by atoms with Crippen molar-refractivity contribution in [2.45, 2.75) is 32.8 Å². The number of hydrogen-bond donors (Lipinski definition) is 1. The van der Waals surface area contributed by atoms with Crippen LogP contribution in [-0.4, -0.2) is 39.1 Å². The van der Waals surface area contributed by atoms with Crippen LogP contribution in [0.5, 0.6) is 0 Å². The second-order valence-corrected chi connectivity index (χ2v) is 12.2. The Labute approximate surface area is 238 Å². The Hall–Kier alpha value is -3.41. The summed E-state index contributed by atoms with van der Waals surface area (Å²) in [4.78, 5) is 40.4. The molecule has 39 heavy (non-hydrogen) atoms. The van der Waals surface area contributed by atoms with Gasteiger partial charge in [-0.05, 0) is 79.8 Å². The highest BCUT2D eigenvalue weighted by atomic mass is 32.2. The van der Waals surface area contributed by atoms with Crippen molar-refractivity contribution in [3.05, 3.63) is 80.9 Å². The monoisotopic (exact) mass is 586 g/mol. The van der Waals surface area contributed by atoms with Crippen molar-refractivity contribution < 1.29 is 27.9 Å². The van der Waals surface area contributed by atoms with E-state index in [0.717, 1.165) is 28.8 Å². The Kier molecular flexibility index (Phi) is 8.63. The first-order valence-electron chi connectivity index (χ1n) is 11.8. The second-order valence-electron chi connectivity index (χ2n) is 9.58. The van der Waals surface area contributed by atoms with E-state index in [1.807, 2.05) is 0 Å². The van der Waals surface area contributed by atoms with E-state index in [1.54, 1.807) is 56.5 Å². The molecular weight excluding hydrogens is 563 g/mol. The molecule has 3 aromatic rings. The van der Waals surface area contributed by atoms with E-state index >= 15 is 0 Å². The molecule has 0 atom stereocenters. The number of ether oxygens (including phenoxy) is 1. The summed E-state index contributed by atoms with van der Waals surface area (Å²) in [5.41, 5.74) is 1.33. The number of rotatable bonds is 7. The maximum Gasteiger partial charge on any atom is 0.338 e. The van der Waals surface area contributed by atoms with Crippen LogP contribution in [0.4, 0.5) is 14.5 Å². The van der Waals surface area contributed by atoms with Gasteiger partial charge in [0, 0.05) is 23.5 Å². The molecule has 4 rings (SSSR count). The molecule has 202 valence electrons. The van der Waals surface area contributed by atoms with Gasteiger partial charge >= 0.3 is 5.97 Å². The molecule has 1 aliphatic rings. The van der Waals surface area contributed by atoms with Gasteiger partial charge < -0.3 is 10.1 Å². The first kappa shape index (κ1) is 28.6. The molecule has 1 aromatic heterocycles. The van der Waals surface area contributed by atoms with Crippen LogP contribution in [0.15, 0.2) is 58.8 Å². The fourth-order valence-electron chi connectivity index (χ4n) is 3.58. The highest BCUT2D eigenvalue weighted by molar-refractivity contribution is 8.26. The number of thiophene rings is 1. The number of benzene rings is 2. The summed E-state index contributed by atoms with van der Waals surface area (Å²) < 4.78 is 32.5. The van der Waals surface area contributed by atoms with Crippen molar-refractivity contribution in [3.8, 4) is 11.1 Å². The average Bonchev–Trinajstić information content (AvgIpc) is 3.43. The lowest BCUT2D eigenvalue weighted by Crippen LogP contribution is -2.31. The summed E-state index contributed by atoms with van der Waals surface area (Å²) in [5.74, 6) is -3.00. The molecule has 0 radical (unpaired) electrons. The quantitative estimate of drug-likeness (QED) is 0.185. The third-order valence-electron chi connectivity index (χ3n) is 5.36. The summed E-state index contributed by atoms with van der Waals surface area (Å²) in [6.45, 7) is 5.40. The lowest BCUT2D eigenvalue weighted by molar-refractivity contribution is -0.122. The number of anilines is 1. The van der Waals surface area contributed by atoms with E-state index in [4.69, 9.17) is 17.0 Å². The number of thioether (sulfide) groups is 1. The van der Waals surface area contributed by atoms with E-state index < -0.39 is 23.2 Å². The number of carbonyl (C=O) groups excluding carboxylic acids is 3. The third-order valence-corrected chi connectivity index (χ3v) is 7.62. The van der Waals surface area contributed by atoms with Crippen LogP contribution in [0, 0.1) is 11.6 Å². The van der Waals surface area contributed by atoms with Crippen molar-refractivity contribution in [2.24, 2.45) is 0 Å². The van der Waals surface area contributed by atoms with E-state index in [-0.39, 0.29) is 24.8 Å². The molecule has 2 amide bonds. The Morgan fingerprint density at radius 3 is 2.56 bits per heavy atom. The first-order chi connectivity index (χ1) is 18.4. The van der Waals surface area contributed by atoms with E-state index in [9.17, 15) is 23.2 Å². The highest BCUT2D eigenvalue weighted by Gasteiger charge is 2.32. The molecule has 0 saturated carbocycles. The zero-order valence-corrected chi connectivity index (χ0v) is 23.7. The van der Waals surface area contributed by atoms with Gasteiger partial charge in [0.2, 0.25) is 5.91 Å². The zero-order chi connectivity index (χ0) is 28.3. The van der Waals surface area contributed by atoms with Crippen LogP contribution >= 0.6 is 35.3 Å². The van der Waals surface area contributed by atoms with Crippen molar-refractivity contribution in [2.75, 3.05) is 11.9 Å². The second kappa shape index (κ2) is 11.8. The van der Waals surface area contributed by atoms with Gasteiger partial charge in [-0.25, -0.2) is 13.6 Å². The topological polar surface area (TPSA) is 75.7 Å². The average molecular weight is 587 g/mol. The van der Waals surface area contributed by atoms with Gasteiger partial charge in [-0.2, -0.15) is 0 Å². The maximum absolute atomic E-state index is 13.6. The molecule has 0 unspecified atom stereocenters. The number of nitrogens with one attached hydrogen (secondary N) is 1. The van der Waals surface area contributed by atoms with E-state index in [1.165, 1.54) is 28.4 Å².